The predicted octanol–water partition coefficient (Wildman–Crippen LogP) is 7.22. The van der Waals surface area contributed by atoms with Gasteiger partial charge >= 0.3 is 0 Å². The first-order chi connectivity index (χ1) is 11.8. The van der Waals surface area contributed by atoms with E-state index in [1.165, 1.54) is 11.1 Å². The van der Waals surface area contributed by atoms with E-state index in [-0.39, 0.29) is 16.2 Å². The molecule has 0 bridgehead atoms. The average Bonchev–Trinajstić information content (AvgIpc) is 2.44. The van der Waals surface area contributed by atoms with Gasteiger partial charge in [-0.1, -0.05) is 66.0 Å². The first-order valence-corrected chi connectivity index (χ1v) is 13.3. The zero-order valence-electron chi connectivity index (χ0n) is 18.8. The van der Waals surface area contributed by atoms with Crippen molar-refractivity contribution in [2.75, 3.05) is 0 Å². The van der Waals surface area contributed by atoms with Crippen molar-refractivity contribution in [1.82, 2.24) is 0 Å². The van der Waals surface area contributed by atoms with E-state index in [1.54, 1.807) is 0 Å². The normalized spacial score (nSPS) is 21.5. The molecule has 0 aromatic heterocycles. The summed E-state index contributed by atoms with van der Waals surface area (Å²) in [4.78, 5) is 12.1. The third-order valence-corrected chi connectivity index (χ3v) is 10.7. The van der Waals surface area contributed by atoms with Crippen molar-refractivity contribution in [3.8, 4) is 0 Å². The Labute approximate surface area is 163 Å². The molecule has 1 aliphatic rings. The lowest BCUT2D eigenvalue weighted by Crippen LogP contribution is -2.46. The maximum Gasteiger partial charge on any atom is 0.192 e. The SMILES string of the molecule is CCCCCC(=O)C=CC1=C(C)CC(O[Si](C)(C)C(C)(C)C)CC1(C)C. The van der Waals surface area contributed by atoms with Gasteiger partial charge in [0, 0.05) is 12.5 Å². The van der Waals surface area contributed by atoms with Gasteiger partial charge in [0.15, 0.2) is 14.1 Å². The van der Waals surface area contributed by atoms with Gasteiger partial charge in [-0.3, -0.25) is 4.79 Å². The van der Waals surface area contributed by atoms with E-state index in [2.05, 4.69) is 67.6 Å². The van der Waals surface area contributed by atoms with Gasteiger partial charge in [-0.25, -0.2) is 0 Å². The second kappa shape index (κ2) is 9.01. The lowest BCUT2D eigenvalue weighted by molar-refractivity contribution is -0.114. The van der Waals surface area contributed by atoms with Crippen molar-refractivity contribution < 1.29 is 9.22 Å². The molecule has 1 unspecified atom stereocenters. The van der Waals surface area contributed by atoms with Gasteiger partial charge in [0.2, 0.25) is 0 Å². The van der Waals surface area contributed by atoms with Gasteiger partial charge in [-0.2, -0.15) is 0 Å². The van der Waals surface area contributed by atoms with E-state index in [4.69, 9.17) is 4.43 Å². The summed E-state index contributed by atoms with van der Waals surface area (Å²) in [6.07, 6.45) is 10.2. The molecular weight excluding hydrogens is 336 g/mol. The summed E-state index contributed by atoms with van der Waals surface area (Å²) in [5.74, 6) is 0.259. The first kappa shape index (κ1) is 23.4. The molecule has 1 atom stereocenters. The highest BCUT2D eigenvalue weighted by Crippen LogP contribution is 2.45. The fourth-order valence-electron chi connectivity index (χ4n) is 3.63. The van der Waals surface area contributed by atoms with Crippen molar-refractivity contribution in [3.05, 3.63) is 23.3 Å². The minimum atomic E-state index is -1.76. The number of rotatable bonds is 8. The first-order valence-electron chi connectivity index (χ1n) is 10.4. The molecule has 0 aromatic rings. The Bertz CT molecular complexity index is 547. The highest BCUT2D eigenvalue weighted by Gasteiger charge is 2.42. The van der Waals surface area contributed by atoms with E-state index in [0.717, 1.165) is 32.1 Å². The van der Waals surface area contributed by atoms with Crippen LogP contribution in [0.1, 0.15) is 87.0 Å². The molecule has 0 amide bonds. The van der Waals surface area contributed by atoms with Gasteiger partial charge in [-0.05, 0) is 61.4 Å². The van der Waals surface area contributed by atoms with Crippen LogP contribution >= 0.6 is 0 Å². The van der Waals surface area contributed by atoms with Crippen LogP contribution in [0.25, 0.3) is 0 Å². The molecule has 0 saturated carbocycles. The second-order valence-corrected chi connectivity index (χ2v) is 15.0. The number of carbonyl (C=O) groups excluding carboxylic acids is 1. The lowest BCUT2D eigenvalue weighted by atomic mass is 9.71. The fraction of sp³-hybridized carbons (Fsp3) is 0.783. The maximum absolute atomic E-state index is 12.1. The molecule has 0 aromatic carbocycles. The van der Waals surface area contributed by atoms with Crippen molar-refractivity contribution >= 4 is 14.1 Å². The van der Waals surface area contributed by atoms with Crippen molar-refractivity contribution in [2.24, 2.45) is 5.41 Å². The molecule has 0 radical (unpaired) electrons. The van der Waals surface area contributed by atoms with Crippen LogP contribution in [0.3, 0.4) is 0 Å². The number of ketones is 1. The molecule has 0 saturated heterocycles. The van der Waals surface area contributed by atoms with Gasteiger partial charge in [0.25, 0.3) is 0 Å². The Balaban J connectivity index is 2.85. The van der Waals surface area contributed by atoms with Gasteiger partial charge in [0.1, 0.15) is 0 Å². The molecule has 1 aliphatic carbocycles. The molecular formula is C23H42O2Si. The highest BCUT2D eigenvalue weighted by atomic mass is 28.4. The Morgan fingerprint density at radius 3 is 2.38 bits per heavy atom. The molecule has 0 spiro atoms. The van der Waals surface area contributed by atoms with Gasteiger partial charge in [-0.15, -0.1) is 0 Å². The number of allylic oxidation sites excluding steroid dienone is 3. The van der Waals surface area contributed by atoms with Crippen LogP contribution in [0.4, 0.5) is 0 Å². The van der Waals surface area contributed by atoms with Crippen LogP contribution in [0.5, 0.6) is 0 Å². The molecule has 0 fully saturated rings. The summed E-state index contributed by atoms with van der Waals surface area (Å²) in [6, 6.07) is 0. The van der Waals surface area contributed by atoms with E-state index < -0.39 is 8.32 Å². The molecule has 1 rings (SSSR count). The van der Waals surface area contributed by atoms with Crippen molar-refractivity contribution in [1.29, 1.82) is 0 Å². The average molecular weight is 379 g/mol. The van der Waals surface area contributed by atoms with Crippen LogP contribution in [0.2, 0.25) is 18.1 Å². The topological polar surface area (TPSA) is 26.3 Å². The maximum atomic E-state index is 12.1. The predicted molar refractivity (Wildman–Crippen MR) is 116 cm³/mol. The highest BCUT2D eigenvalue weighted by molar-refractivity contribution is 6.74. The minimum absolute atomic E-state index is 0.0512. The Morgan fingerprint density at radius 1 is 1.27 bits per heavy atom. The number of hydrogen-bond acceptors (Lipinski definition) is 2. The molecule has 2 nitrogen and oxygen atoms in total. The zero-order valence-corrected chi connectivity index (χ0v) is 19.8. The summed E-state index contributed by atoms with van der Waals surface area (Å²) in [6.45, 7) is 20.5. The molecule has 0 heterocycles. The van der Waals surface area contributed by atoms with Crippen molar-refractivity contribution in [3.63, 3.8) is 0 Å². The van der Waals surface area contributed by atoms with Crippen LogP contribution in [0.15, 0.2) is 23.3 Å². The number of unbranched alkanes of at least 4 members (excludes halogenated alkanes) is 2. The summed E-state index contributed by atoms with van der Waals surface area (Å²) >= 11 is 0. The summed E-state index contributed by atoms with van der Waals surface area (Å²) in [5.41, 5.74) is 2.76. The lowest BCUT2D eigenvalue weighted by Gasteiger charge is -2.44. The molecule has 26 heavy (non-hydrogen) atoms. The molecule has 0 aliphatic heterocycles. The van der Waals surface area contributed by atoms with Crippen LogP contribution in [-0.4, -0.2) is 20.2 Å². The number of hydrogen-bond donors (Lipinski definition) is 0. The third kappa shape index (κ3) is 6.49. The summed E-state index contributed by atoms with van der Waals surface area (Å²) < 4.78 is 6.70. The van der Waals surface area contributed by atoms with Crippen molar-refractivity contribution in [2.45, 2.75) is 111 Å². The third-order valence-electron chi connectivity index (χ3n) is 6.19. The van der Waals surface area contributed by atoms with E-state index in [1.807, 2.05) is 6.08 Å². The quantitative estimate of drug-likeness (QED) is 0.253. The minimum Gasteiger partial charge on any atom is -0.414 e. The van der Waals surface area contributed by atoms with Crippen LogP contribution in [-0.2, 0) is 9.22 Å². The monoisotopic (exact) mass is 378 g/mol. The fourth-order valence-corrected chi connectivity index (χ4v) is 4.99. The van der Waals surface area contributed by atoms with Crippen LogP contribution < -0.4 is 0 Å². The smallest absolute Gasteiger partial charge is 0.192 e. The molecule has 3 heteroatoms. The van der Waals surface area contributed by atoms with E-state index in [9.17, 15) is 4.79 Å². The van der Waals surface area contributed by atoms with Gasteiger partial charge in [0.05, 0.1) is 0 Å². The molecule has 150 valence electrons. The Hall–Kier alpha value is -0.673. The number of carbonyl (C=O) groups is 1. The zero-order chi connectivity index (χ0) is 20.2. The largest absolute Gasteiger partial charge is 0.414 e. The summed E-state index contributed by atoms with van der Waals surface area (Å²) in [5, 5.41) is 0.236. The standard InChI is InChI=1S/C23H42O2Si/c1-10-11-12-13-19(24)14-15-21-18(2)16-20(17-23(21,6)7)25-26(8,9)22(3,4)5/h14-15,20H,10-13,16-17H2,1-9H3. The Morgan fingerprint density at radius 2 is 1.88 bits per heavy atom. The van der Waals surface area contributed by atoms with E-state index in [0.29, 0.717) is 12.5 Å². The second-order valence-electron chi connectivity index (χ2n) is 10.2. The molecule has 0 N–H and O–H groups in total. The Kier molecular flexibility index (Phi) is 8.10. The van der Waals surface area contributed by atoms with E-state index >= 15 is 0 Å². The van der Waals surface area contributed by atoms with Gasteiger partial charge < -0.3 is 4.43 Å². The van der Waals surface area contributed by atoms with Crippen LogP contribution in [0, 0.1) is 5.41 Å². The summed E-state index contributed by atoms with van der Waals surface area (Å²) in [7, 11) is -1.76.